The molecule has 0 aliphatic heterocycles. The minimum absolute atomic E-state index is 0.0569. The van der Waals surface area contributed by atoms with E-state index < -0.39 is 0 Å². The van der Waals surface area contributed by atoms with Crippen LogP contribution in [0.4, 0.5) is 0 Å². The first kappa shape index (κ1) is 15.6. The van der Waals surface area contributed by atoms with E-state index >= 15 is 0 Å². The fourth-order valence-electron chi connectivity index (χ4n) is 2.55. The van der Waals surface area contributed by atoms with E-state index in [-0.39, 0.29) is 24.5 Å². The SMILES string of the molecule is Cc1c(C(=O)NC(CCO)C(C)C)oc2c(C)cccc12. The molecule has 21 heavy (non-hydrogen) atoms. The van der Waals surface area contributed by atoms with Gasteiger partial charge in [0, 0.05) is 23.6 Å². The Balaban J connectivity index is 2.31. The van der Waals surface area contributed by atoms with Crippen LogP contribution in [-0.2, 0) is 0 Å². The fraction of sp³-hybridized carbons (Fsp3) is 0.471. The third-order valence-corrected chi connectivity index (χ3v) is 3.93. The predicted molar refractivity (Wildman–Crippen MR) is 83.5 cm³/mol. The molecule has 1 heterocycles. The fourth-order valence-corrected chi connectivity index (χ4v) is 2.55. The largest absolute Gasteiger partial charge is 0.450 e. The lowest BCUT2D eigenvalue weighted by molar-refractivity contribution is 0.0889. The number of benzene rings is 1. The van der Waals surface area contributed by atoms with Crippen molar-refractivity contribution < 1.29 is 14.3 Å². The number of aryl methyl sites for hydroxylation is 2. The molecule has 114 valence electrons. The van der Waals surface area contributed by atoms with Gasteiger partial charge in [-0.25, -0.2) is 0 Å². The van der Waals surface area contributed by atoms with Crippen LogP contribution >= 0.6 is 0 Å². The number of amides is 1. The first-order chi connectivity index (χ1) is 9.95. The number of hydrogen-bond donors (Lipinski definition) is 2. The van der Waals surface area contributed by atoms with E-state index in [1.54, 1.807) is 0 Å². The van der Waals surface area contributed by atoms with E-state index in [2.05, 4.69) is 5.32 Å². The molecule has 4 nitrogen and oxygen atoms in total. The van der Waals surface area contributed by atoms with Crippen LogP contribution in [0.3, 0.4) is 0 Å². The molecule has 0 radical (unpaired) electrons. The van der Waals surface area contributed by atoms with Crippen LogP contribution in [0.25, 0.3) is 11.0 Å². The van der Waals surface area contributed by atoms with E-state index in [4.69, 9.17) is 9.52 Å². The molecule has 0 saturated carbocycles. The maximum Gasteiger partial charge on any atom is 0.287 e. The second-order valence-electron chi connectivity index (χ2n) is 5.84. The number of fused-ring (bicyclic) bond motifs is 1. The highest BCUT2D eigenvalue weighted by Gasteiger charge is 2.22. The van der Waals surface area contributed by atoms with Crippen molar-refractivity contribution in [2.45, 2.75) is 40.2 Å². The average molecular weight is 289 g/mol. The minimum atomic E-state index is -0.213. The van der Waals surface area contributed by atoms with Gasteiger partial charge in [0.25, 0.3) is 5.91 Å². The Morgan fingerprint density at radius 2 is 2.05 bits per heavy atom. The molecule has 0 saturated heterocycles. The van der Waals surface area contributed by atoms with Gasteiger partial charge in [0.1, 0.15) is 5.58 Å². The van der Waals surface area contributed by atoms with E-state index in [1.165, 1.54) is 0 Å². The van der Waals surface area contributed by atoms with Crippen LogP contribution in [0.1, 0.15) is 41.9 Å². The maximum absolute atomic E-state index is 12.4. The number of furan rings is 1. The zero-order valence-electron chi connectivity index (χ0n) is 13.1. The highest BCUT2D eigenvalue weighted by molar-refractivity contribution is 5.99. The Morgan fingerprint density at radius 3 is 2.62 bits per heavy atom. The van der Waals surface area contributed by atoms with Crippen molar-refractivity contribution >= 4 is 16.9 Å². The van der Waals surface area contributed by atoms with Gasteiger partial charge in [-0.15, -0.1) is 0 Å². The van der Waals surface area contributed by atoms with Crippen molar-refractivity contribution in [3.05, 3.63) is 35.1 Å². The number of aliphatic hydroxyl groups is 1. The molecular formula is C17H23NO3. The van der Waals surface area contributed by atoms with Crippen molar-refractivity contribution in [2.75, 3.05) is 6.61 Å². The number of aliphatic hydroxyl groups excluding tert-OH is 1. The Kier molecular flexibility index (Phi) is 4.68. The van der Waals surface area contributed by atoms with Crippen molar-refractivity contribution in [1.29, 1.82) is 0 Å². The summed E-state index contributed by atoms with van der Waals surface area (Å²) in [5, 5.41) is 13.0. The van der Waals surface area contributed by atoms with Gasteiger partial charge in [-0.2, -0.15) is 0 Å². The summed E-state index contributed by atoms with van der Waals surface area (Å²) in [6, 6.07) is 5.84. The van der Waals surface area contributed by atoms with Crippen LogP contribution in [0, 0.1) is 19.8 Å². The molecule has 0 fully saturated rings. The first-order valence-corrected chi connectivity index (χ1v) is 7.36. The van der Waals surface area contributed by atoms with Crippen LogP contribution in [0.15, 0.2) is 22.6 Å². The van der Waals surface area contributed by atoms with Gasteiger partial charge in [0.05, 0.1) is 0 Å². The lowest BCUT2D eigenvalue weighted by Gasteiger charge is -2.20. The second-order valence-corrected chi connectivity index (χ2v) is 5.84. The van der Waals surface area contributed by atoms with Gasteiger partial charge in [-0.05, 0) is 31.7 Å². The molecule has 1 unspecified atom stereocenters. The van der Waals surface area contributed by atoms with Crippen LogP contribution in [0.2, 0.25) is 0 Å². The molecule has 1 amide bonds. The third kappa shape index (κ3) is 3.10. The average Bonchev–Trinajstić information content (AvgIpc) is 2.77. The topological polar surface area (TPSA) is 62.5 Å². The van der Waals surface area contributed by atoms with Crippen molar-refractivity contribution in [3.63, 3.8) is 0 Å². The highest BCUT2D eigenvalue weighted by atomic mass is 16.3. The van der Waals surface area contributed by atoms with E-state index in [0.29, 0.717) is 12.2 Å². The monoisotopic (exact) mass is 289 g/mol. The molecular weight excluding hydrogens is 266 g/mol. The van der Waals surface area contributed by atoms with Gasteiger partial charge < -0.3 is 14.8 Å². The summed E-state index contributed by atoms with van der Waals surface area (Å²) >= 11 is 0. The van der Waals surface area contributed by atoms with E-state index in [1.807, 2.05) is 45.9 Å². The van der Waals surface area contributed by atoms with Crippen LogP contribution in [0.5, 0.6) is 0 Å². The number of para-hydroxylation sites is 1. The summed E-state index contributed by atoms with van der Waals surface area (Å²) in [6.07, 6.45) is 0.543. The van der Waals surface area contributed by atoms with Crippen molar-refractivity contribution in [2.24, 2.45) is 5.92 Å². The summed E-state index contributed by atoms with van der Waals surface area (Å²) in [7, 11) is 0. The summed E-state index contributed by atoms with van der Waals surface area (Å²) in [4.78, 5) is 12.4. The number of rotatable bonds is 5. The number of nitrogens with one attached hydrogen (secondary N) is 1. The Morgan fingerprint density at radius 1 is 1.33 bits per heavy atom. The zero-order chi connectivity index (χ0) is 15.6. The van der Waals surface area contributed by atoms with E-state index in [9.17, 15) is 4.79 Å². The molecule has 2 rings (SSSR count). The summed E-state index contributed by atoms with van der Waals surface area (Å²) in [5.74, 6) is 0.408. The summed E-state index contributed by atoms with van der Waals surface area (Å²) in [6.45, 7) is 7.97. The molecule has 0 aliphatic rings. The molecule has 4 heteroatoms. The van der Waals surface area contributed by atoms with Crippen LogP contribution in [-0.4, -0.2) is 23.7 Å². The van der Waals surface area contributed by atoms with E-state index in [0.717, 1.165) is 22.1 Å². The zero-order valence-corrected chi connectivity index (χ0v) is 13.1. The molecule has 0 bridgehead atoms. The molecule has 1 aromatic carbocycles. The summed E-state index contributed by atoms with van der Waals surface area (Å²) in [5.41, 5.74) is 2.64. The van der Waals surface area contributed by atoms with Crippen molar-refractivity contribution in [1.82, 2.24) is 5.32 Å². The number of hydrogen-bond acceptors (Lipinski definition) is 3. The lowest BCUT2D eigenvalue weighted by atomic mass is 10.0. The number of carbonyl (C=O) groups excluding carboxylic acids is 1. The Bertz CT molecular complexity index is 643. The van der Waals surface area contributed by atoms with Crippen LogP contribution < -0.4 is 5.32 Å². The standard InChI is InChI=1S/C17H23NO3/c1-10(2)14(8-9-19)18-17(20)16-12(4)13-7-5-6-11(3)15(13)21-16/h5-7,10,14,19H,8-9H2,1-4H3,(H,18,20). The molecule has 2 aromatic rings. The van der Waals surface area contributed by atoms with Gasteiger partial charge in [-0.3, -0.25) is 4.79 Å². The second kappa shape index (κ2) is 6.31. The maximum atomic E-state index is 12.4. The Hall–Kier alpha value is -1.81. The molecule has 2 N–H and O–H groups in total. The number of carbonyl (C=O) groups is 1. The Labute approximate surface area is 125 Å². The first-order valence-electron chi connectivity index (χ1n) is 7.36. The summed E-state index contributed by atoms with van der Waals surface area (Å²) < 4.78 is 5.78. The smallest absolute Gasteiger partial charge is 0.287 e. The molecule has 1 atom stereocenters. The minimum Gasteiger partial charge on any atom is -0.450 e. The normalized spacial score (nSPS) is 12.9. The molecule has 0 aliphatic carbocycles. The van der Waals surface area contributed by atoms with Gasteiger partial charge >= 0.3 is 0 Å². The predicted octanol–water partition coefficient (Wildman–Crippen LogP) is 3.19. The van der Waals surface area contributed by atoms with Gasteiger partial charge in [-0.1, -0.05) is 32.0 Å². The van der Waals surface area contributed by atoms with Gasteiger partial charge in [0.2, 0.25) is 0 Å². The van der Waals surface area contributed by atoms with Crippen molar-refractivity contribution in [3.8, 4) is 0 Å². The third-order valence-electron chi connectivity index (χ3n) is 3.93. The highest BCUT2D eigenvalue weighted by Crippen LogP contribution is 2.27. The lowest BCUT2D eigenvalue weighted by Crippen LogP contribution is -2.39. The molecule has 0 spiro atoms. The quantitative estimate of drug-likeness (QED) is 0.888. The molecule has 1 aromatic heterocycles. The van der Waals surface area contributed by atoms with Gasteiger partial charge in [0.15, 0.2) is 5.76 Å².